The molecule has 0 bridgehead atoms. The number of benzene rings is 10. The van der Waals surface area contributed by atoms with E-state index in [1.807, 2.05) is 12.1 Å². The molecular weight excluding hydrogens is 641 g/mol. The van der Waals surface area contributed by atoms with E-state index in [1.165, 1.54) is 76.5 Å². The van der Waals surface area contributed by atoms with Gasteiger partial charge in [-0.1, -0.05) is 176 Å². The lowest BCUT2D eigenvalue weighted by Gasteiger charge is -2.19. The van der Waals surface area contributed by atoms with Gasteiger partial charge in [0.25, 0.3) is 0 Å². The number of furan rings is 1. The first kappa shape index (κ1) is 29.7. The molecule has 0 aliphatic heterocycles. The van der Waals surface area contributed by atoms with Crippen LogP contribution in [0.2, 0.25) is 0 Å². The quantitative estimate of drug-likeness (QED) is 0.170. The Morgan fingerprint density at radius 3 is 1.64 bits per heavy atom. The van der Waals surface area contributed by atoms with E-state index in [4.69, 9.17) is 4.42 Å². The average molecular weight is 673 g/mol. The highest BCUT2D eigenvalue weighted by molar-refractivity contribution is 6.22. The summed E-state index contributed by atoms with van der Waals surface area (Å²) in [6, 6.07) is 70.7. The summed E-state index contributed by atoms with van der Waals surface area (Å²) in [4.78, 5) is 0. The second kappa shape index (κ2) is 11.8. The zero-order valence-electron chi connectivity index (χ0n) is 28.9. The summed E-state index contributed by atoms with van der Waals surface area (Å²) in [5, 5.41) is 12.3. The molecule has 0 unspecified atom stereocenters. The van der Waals surface area contributed by atoms with Crippen LogP contribution in [0.25, 0.3) is 110 Å². The van der Waals surface area contributed by atoms with Crippen LogP contribution in [-0.2, 0) is 0 Å². The molecule has 0 N–H and O–H groups in total. The van der Waals surface area contributed by atoms with Crippen LogP contribution in [0.1, 0.15) is 0 Å². The Kier molecular flexibility index (Phi) is 6.62. The zero-order valence-corrected chi connectivity index (χ0v) is 28.9. The molecule has 1 aromatic heterocycles. The number of para-hydroxylation sites is 2. The maximum Gasteiger partial charge on any atom is 0.143 e. The van der Waals surface area contributed by atoms with E-state index in [9.17, 15) is 0 Å². The third-order valence-electron chi connectivity index (χ3n) is 11.1. The zero-order chi connectivity index (χ0) is 34.9. The van der Waals surface area contributed by atoms with Gasteiger partial charge in [0.05, 0.1) is 0 Å². The maximum atomic E-state index is 6.44. The van der Waals surface area contributed by atoms with Crippen molar-refractivity contribution in [2.24, 2.45) is 0 Å². The fourth-order valence-corrected chi connectivity index (χ4v) is 8.58. The molecular formula is C52H32O. The molecule has 0 saturated carbocycles. The molecule has 10 aromatic carbocycles. The van der Waals surface area contributed by atoms with Gasteiger partial charge in [0, 0.05) is 16.3 Å². The molecule has 0 saturated heterocycles. The van der Waals surface area contributed by atoms with E-state index in [1.54, 1.807) is 0 Å². The van der Waals surface area contributed by atoms with E-state index in [0.29, 0.717) is 0 Å². The molecule has 0 aliphatic carbocycles. The predicted octanol–water partition coefficient (Wildman–Crippen LogP) is 14.9. The van der Waals surface area contributed by atoms with Crippen molar-refractivity contribution in [3.05, 3.63) is 194 Å². The van der Waals surface area contributed by atoms with Crippen molar-refractivity contribution in [1.29, 1.82) is 0 Å². The Morgan fingerprint density at radius 1 is 0.264 bits per heavy atom. The Balaban J connectivity index is 1.17. The van der Waals surface area contributed by atoms with Crippen molar-refractivity contribution in [2.45, 2.75) is 0 Å². The van der Waals surface area contributed by atoms with Gasteiger partial charge in [-0.2, -0.15) is 0 Å². The summed E-state index contributed by atoms with van der Waals surface area (Å²) in [7, 11) is 0. The molecule has 0 radical (unpaired) electrons. The molecule has 1 heterocycles. The Hall–Kier alpha value is -6.96. The molecule has 11 rings (SSSR count). The number of rotatable bonds is 4. The molecule has 53 heavy (non-hydrogen) atoms. The van der Waals surface area contributed by atoms with E-state index < -0.39 is 0 Å². The standard InChI is InChI=1S/C52H32O/c1-2-13-37-31-39(28-23-33(37)11-1)51-45-18-6-5-17-44(45)50(48-32-38(29-30-46(48)51)41-19-9-14-34-12-3-4-15-40(34)41)36-26-24-35(25-27-36)42-20-10-21-47-43-16-7-8-22-49(43)53-52(42)47/h1-32H. The monoisotopic (exact) mass is 672 g/mol. The van der Waals surface area contributed by atoms with Crippen molar-refractivity contribution in [2.75, 3.05) is 0 Å². The molecule has 11 aromatic rings. The predicted molar refractivity (Wildman–Crippen MR) is 225 cm³/mol. The third-order valence-corrected chi connectivity index (χ3v) is 11.1. The van der Waals surface area contributed by atoms with Gasteiger partial charge in [0.2, 0.25) is 0 Å². The first-order chi connectivity index (χ1) is 26.3. The lowest BCUT2D eigenvalue weighted by molar-refractivity contribution is 0.670. The van der Waals surface area contributed by atoms with Crippen LogP contribution in [-0.4, -0.2) is 0 Å². The lowest BCUT2D eigenvalue weighted by Crippen LogP contribution is -1.92. The van der Waals surface area contributed by atoms with E-state index in [2.05, 4.69) is 182 Å². The smallest absolute Gasteiger partial charge is 0.143 e. The summed E-state index contributed by atoms with van der Waals surface area (Å²) in [5.74, 6) is 0. The van der Waals surface area contributed by atoms with E-state index >= 15 is 0 Å². The summed E-state index contributed by atoms with van der Waals surface area (Å²) >= 11 is 0. The number of hydrogen-bond donors (Lipinski definition) is 0. The van der Waals surface area contributed by atoms with Gasteiger partial charge in [-0.15, -0.1) is 0 Å². The molecule has 0 spiro atoms. The summed E-state index contributed by atoms with van der Waals surface area (Å²) in [6.07, 6.45) is 0. The summed E-state index contributed by atoms with van der Waals surface area (Å²) in [5.41, 5.74) is 11.5. The van der Waals surface area contributed by atoms with Crippen LogP contribution in [0, 0.1) is 0 Å². The SMILES string of the molecule is c1ccc2cc(-c3c4ccccc4c(-c4ccc(-c5cccc6c5oc5ccccc56)cc4)c4cc(-c5cccc6ccccc56)ccc34)ccc2c1. The summed E-state index contributed by atoms with van der Waals surface area (Å²) in [6.45, 7) is 0. The highest BCUT2D eigenvalue weighted by atomic mass is 16.3. The molecule has 1 nitrogen and oxygen atoms in total. The van der Waals surface area contributed by atoms with Crippen LogP contribution in [0.5, 0.6) is 0 Å². The topological polar surface area (TPSA) is 13.1 Å². The largest absolute Gasteiger partial charge is 0.455 e. The lowest BCUT2D eigenvalue weighted by atomic mass is 9.84. The van der Waals surface area contributed by atoms with Gasteiger partial charge < -0.3 is 4.42 Å². The van der Waals surface area contributed by atoms with Crippen LogP contribution in [0.15, 0.2) is 199 Å². The Labute approximate surface area is 307 Å². The fraction of sp³-hybridized carbons (Fsp3) is 0. The maximum absolute atomic E-state index is 6.44. The third kappa shape index (κ3) is 4.71. The van der Waals surface area contributed by atoms with Crippen LogP contribution >= 0.6 is 0 Å². The average Bonchev–Trinajstić information content (AvgIpc) is 3.61. The first-order valence-corrected chi connectivity index (χ1v) is 18.3. The molecule has 0 aliphatic rings. The van der Waals surface area contributed by atoms with Gasteiger partial charge in [0.15, 0.2) is 0 Å². The molecule has 0 atom stereocenters. The van der Waals surface area contributed by atoms with Crippen LogP contribution in [0.4, 0.5) is 0 Å². The molecule has 1 heteroatoms. The van der Waals surface area contributed by atoms with Crippen molar-refractivity contribution < 1.29 is 4.42 Å². The first-order valence-electron chi connectivity index (χ1n) is 18.3. The fourth-order valence-electron chi connectivity index (χ4n) is 8.58. The van der Waals surface area contributed by atoms with Gasteiger partial charge in [-0.05, 0) is 100 Å². The molecule has 0 fully saturated rings. The second-order valence-electron chi connectivity index (χ2n) is 14.0. The van der Waals surface area contributed by atoms with Gasteiger partial charge in [-0.25, -0.2) is 0 Å². The van der Waals surface area contributed by atoms with E-state index in [0.717, 1.165) is 33.1 Å². The van der Waals surface area contributed by atoms with Crippen molar-refractivity contribution in [3.63, 3.8) is 0 Å². The van der Waals surface area contributed by atoms with Crippen molar-refractivity contribution in [3.8, 4) is 44.5 Å². The Morgan fingerprint density at radius 2 is 0.811 bits per heavy atom. The van der Waals surface area contributed by atoms with Gasteiger partial charge >= 0.3 is 0 Å². The number of hydrogen-bond acceptors (Lipinski definition) is 1. The van der Waals surface area contributed by atoms with Crippen LogP contribution < -0.4 is 0 Å². The number of fused-ring (bicyclic) bond motifs is 7. The second-order valence-corrected chi connectivity index (χ2v) is 14.0. The highest BCUT2D eigenvalue weighted by Crippen LogP contribution is 2.46. The minimum absolute atomic E-state index is 0.915. The normalized spacial score (nSPS) is 11.8. The van der Waals surface area contributed by atoms with Crippen LogP contribution in [0.3, 0.4) is 0 Å². The Bertz CT molecular complexity index is 3210. The van der Waals surface area contributed by atoms with Gasteiger partial charge in [0.1, 0.15) is 11.2 Å². The van der Waals surface area contributed by atoms with Crippen molar-refractivity contribution >= 4 is 65.0 Å². The molecule has 246 valence electrons. The highest BCUT2D eigenvalue weighted by Gasteiger charge is 2.19. The minimum atomic E-state index is 0.915. The van der Waals surface area contributed by atoms with E-state index in [-0.39, 0.29) is 0 Å². The molecule has 0 amide bonds. The van der Waals surface area contributed by atoms with Gasteiger partial charge in [-0.3, -0.25) is 0 Å². The minimum Gasteiger partial charge on any atom is -0.455 e. The van der Waals surface area contributed by atoms with Crippen molar-refractivity contribution in [1.82, 2.24) is 0 Å². The summed E-state index contributed by atoms with van der Waals surface area (Å²) < 4.78 is 6.44.